The molecule has 2 heterocycles. The Morgan fingerprint density at radius 3 is 1.85 bits per heavy atom. The minimum atomic E-state index is -0.506. The Balaban J connectivity index is 1.38. The Morgan fingerprint density at radius 2 is 1.30 bits per heavy atom. The van der Waals surface area contributed by atoms with E-state index in [0.29, 0.717) is 19.6 Å². The van der Waals surface area contributed by atoms with E-state index in [4.69, 9.17) is 4.74 Å². The molecule has 0 bridgehead atoms. The van der Waals surface area contributed by atoms with E-state index in [0.717, 1.165) is 17.7 Å². The van der Waals surface area contributed by atoms with Crippen molar-refractivity contribution < 1.29 is 14.3 Å². The van der Waals surface area contributed by atoms with E-state index in [1.807, 2.05) is 6.92 Å². The third-order valence-corrected chi connectivity index (χ3v) is 12.0. The molecule has 0 aromatic heterocycles. The molecule has 0 saturated heterocycles. The molecule has 2 rings (SSSR count). The molecule has 40 heavy (non-hydrogen) atoms. The van der Waals surface area contributed by atoms with Gasteiger partial charge in [-0.15, -0.1) is 0 Å². The van der Waals surface area contributed by atoms with Gasteiger partial charge in [0.25, 0.3) is 0 Å². The first kappa shape index (κ1) is 35.7. The Bertz CT molecular complexity index is 806. The lowest BCUT2D eigenvalue weighted by molar-refractivity contribution is -0.131. The summed E-state index contributed by atoms with van der Waals surface area (Å²) in [5.74, 6) is -0.343. The number of nitrogens with one attached hydrogen (secondary N) is 2. The lowest BCUT2D eigenvalue weighted by atomic mass is 10.0. The second-order valence-corrected chi connectivity index (χ2v) is 14.9. The lowest BCUT2D eigenvalue weighted by Crippen LogP contribution is -2.47. The molecule has 9 heteroatoms. The maximum atomic E-state index is 12.5. The first-order valence-electron chi connectivity index (χ1n) is 15.5. The van der Waals surface area contributed by atoms with Crippen molar-refractivity contribution >= 4 is 58.9 Å². The number of unbranched alkanes of at least 4 members (excludes halogenated alkanes) is 15. The van der Waals surface area contributed by atoms with Crippen molar-refractivity contribution in [1.29, 1.82) is 0 Å². The number of carbonyl (C=O) groups is 2. The fourth-order valence-electron chi connectivity index (χ4n) is 4.58. The van der Waals surface area contributed by atoms with Gasteiger partial charge in [0, 0.05) is 11.4 Å². The normalized spacial score (nSPS) is 15.5. The number of amides is 2. The Kier molecular flexibility index (Phi) is 21.4. The minimum absolute atomic E-state index is 0.0393. The monoisotopic (exact) mass is 628 g/mol. The lowest BCUT2D eigenvalue weighted by Gasteiger charge is -2.17. The van der Waals surface area contributed by atoms with Crippen LogP contribution in [-0.4, -0.2) is 37.6 Å². The standard InChI is InChI=1S/C31H52N2O3S4/c1-3-5-6-7-8-9-10-11-12-13-14-15-16-17-18-19-20-32-29(35)27(4-2)33-28(34)24-36-23-26-25-39-31(40-26)30-37-21-22-38-30/h21-22,25,27H,3-20,23-24H2,1-2H3,(H,32,35)(H,33,34). The van der Waals surface area contributed by atoms with E-state index in [1.54, 1.807) is 47.0 Å². The third kappa shape index (κ3) is 16.8. The molecular weight excluding hydrogens is 577 g/mol. The molecule has 2 N–H and O–H groups in total. The van der Waals surface area contributed by atoms with Crippen LogP contribution in [0.15, 0.2) is 29.6 Å². The van der Waals surface area contributed by atoms with Crippen molar-refractivity contribution in [2.24, 2.45) is 0 Å². The van der Waals surface area contributed by atoms with E-state index < -0.39 is 6.04 Å². The molecule has 0 aliphatic carbocycles. The SMILES string of the molecule is CCCCCCCCCCCCCCCCCCNC(=O)C(CC)NC(=O)COCC1=CSC(=C2SC=CS2)S1. The van der Waals surface area contributed by atoms with Gasteiger partial charge in [-0.25, -0.2) is 0 Å². The fourth-order valence-corrected chi connectivity index (χ4v) is 9.00. The summed E-state index contributed by atoms with van der Waals surface area (Å²) in [5.41, 5.74) is 0. The molecule has 0 radical (unpaired) electrons. The summed E-state index contributed by atoms with van der Waals surface area (Å²) in [7, 11) is 0. The summed E-state index contributed by atoms with van der Waals surface area (Å²) >= 11 is 6.91. The van der Waals surface area contributed by atoms with Crippen LogP contribution >= 0.6 is 47.0 Å². The van der Waals surface area contributed by atoms with Crippen molar-refractivity contribution in [2.75, 3.05) is 19.8 Å². The summed E-state index contributed by atoms with van der Waals surface area (Å²) in [6.07, 6.45) is 22.0. The van der Waals surface area contributed by atoms with Gasteiger partial charge in [-0.05, 0) is 29.1 Å². The molecule has 2 amide bonds. The topological polar surface area (TPSA) is 67.4 Å². The molecule has 2 aliphatic heterocycles. The van der Waals surface area contributed by atoms with E-state index in [9.17, 15) is 9.59 Å². The van der Waals surface area contributed by atoms with Crippen LogP contribution in [0.4, 0.5) is 0 Å². The largest absolute Gasteiger partial charge is 0.366 e. The number of ether oxygens (including phenoxy) is 1. The van der Waals surface area contributed by atoms with Gasteiger partial charge < -0.3 is 15.4 Å². The van der Waals surface area contributed by atoms with Crippen LogP contribution in [0, 0.1) is 0 Å². The van der Waals surface area contributed by atoms with Gasteiger partial charge in [0.15, 0.2) is 0 Å². The molecule has 1 atom stereocenters. The predicted molar refractivity (Wildman–Crippen MR) is 180 cm³/mol. The van der Waals surface area contributed by atoms with Crippen molar-refractivity contribution in [1.82, 2.24) is 10.6 Å². The van der Waals surface area contributed by atoms with Crippen LogP contribution in [0.2, 0.25) is 0 Å². The second kappa shape index (κ2) is 24.0. The first-order chi connectivity index (χ1) is 19.6. The smallest absolute Gasteiger partial charge is 0.246 e. The van der Waals surface area contributed by atoms with Gasteiger partial charge in [-0.2, -0.15) is 0 Å². The van der Waals surface area contributed by atoms with Gasteiger partial charge in [0.1, 0.15) is 12.6 Å². The fraction of sp³-hybridized carbons (Fsp3) is 0.742. The number of hydrogen-bond acceptors (Lipinski definition) is 7. The van der Waals surface area contributed by atoms with Gasteiger partial charge in [-0.3, -0.25) is 9.59 Å². The summed E-state index contributed by atoms with van der Waals surface area (Å²) in [6, 6.07) is -0.506. The zero-order chi connectivity index (χ0) is 28.7. The van der Waals surface area contributed by atoms with E-state index >= 15 is 0 Å². The zero-order valence-electron chi connectivity index (χ0n) is 24.8. The highest BCUT2D eigenvalue weighted by molar-refractivity contribution is 8.33. The van der Waals surface area contributed by atoms with E-state index in [-0.39, 0.29) is 18.4 Å². The van der Waals surface area contributed by atoms with Gasteiger partial charge in [0.2, 0.25) is 11.8 Å². The molecule has 0 fully saturated rings. The Hall–Kier alpha value is -0.480. The molecule has 0 spiro atoms. The molecule has 2 aliphatic rings. The summed E-state index contributed by atoms with van der Waals surface area (Å²) in [5, 5.41) is 12.1. The van der Waals surface area contributed by atoms with Crippen molar-refractivity contribution in [3.05, 3.63) is 29.6 Å². The van der Waals surface area contributed by atoms with Crippen LogP contribution in [-0.2, 0) is 14.3 Å². The summed E-state index contributed by atoms with van der Waals surface area (Å²) < 4.78 is 8.19. The van der Waals surface area contributed by atoms with Crippen molar-refractivity contribution in [2.45, 2.75) is 129 Å². The maximum absolute atomic E-state index is 12.5. The molecule has 228 valence electrons. The highest BCUT2D eigenvalue weighted by atomic mass is 32.2. The molecule has 1 unspecified atom stereocenters. The Morgan fingerprint density at radius 1 is 0.750 bits per heavy atom. The summed E-state index contributed by atoms with van der Waals surface area (Å²) in [4.78, 5) is 26.0. The van der Waals surface area contributed by atoms with E-state index in [1.165, 1.54) is 98.4 Å². The number of carbonyl (C=O) groups excluding carboxylic acids is 2. The van der Waals surface area contributed by atoms with Gasteiger partial charge in [-0.1, -0.05) is 157 Å². The van der Waals surface area contributed by atoms with Gasteiger partial charge >= 0.3 is 0 Å². The van der Waals surface area contributed by atoms with Crippen molar-refractivity contribution in [3.63, 3.8) is 0 Å². The maximum Gasteiger partial charge on any atom is 0.246 e. The molecule has 0 saturated carbocycles. The van der Waals surface area contributed by atoms with Crippen LogP contribution in [0.5, 0.6) is 0 Å². The Labute approximate surface area is 261 Å². The molecule has 0 aromatic carbocycles. The number of thioether (sulfide) groups is 4. The van der Waals surface area contributed by atoms with Crippen LogP contribution in [0.3, 0.4) is 0 Å². The average Bonchev–Trinajstić information content (AvgIpc) is 3.66. The average molecular weight is 629 g/mol. The van der Waals surface area contributed by atoms with Gasteiger partial charge in [0.05, 0.1) is 15.1 Å². The predicted octanol–water partition coefficient (Wildman–Crippen LogP) is 9.67. The van der Waals surface area contributed by atoms with Crippen LogP contribution in [0.25, 0.3) is 0 Å². The van der Waals surface area contributed by atoms with Crippen LogP contribution < -0.4 is 10.6 Å². The molecular formula is C31H52N2O3S4. The minimum Gasteiger partial charge on any atom is -0.366 e. The highest BCUT2D eigenvalue weighted by Crippen LogP contribution is 2.53. The van der Waals surface area contributed by atoms with Crippen molar-refractivity contribution in [3.8, 4) is 0 Å². The highest BCUT2D eigenvalue weighted by Gasteiger charge is 2.20. The number of hydrogen-bond donors (Lipinski definition) is 2. The summed E-state index contributed by atoms with van der Waals surface area (Å²) in [6.45, 7) is 5.24. The first-order valence-corrected chi connectivity index (χ1v) is 19.0. The van der Waals surface area contributed by atoms with E-state index in [2.05, 4.69) is 33.8 Å². The number of rotatable bonds is 24. The van der Waals surface area contributed by atoms with Crippen LogP contribution in [0.1, 0.15) is 123 Å². The quantitative estimate of drug-likeness (QED) is 0.103. The molecule has 0 aromatic rings. The zero-order valence-corrected chi connectivity index (χ0v) is 28.1. The molecule has 5 nitrogen and oxygen atoms in total. The third-order valence-electron chi connectivity index (χ3n) is 6.96. The second-order valence-electron chi connectivity index (χ2n) is 10.5.